The van der Waals surface area contributed by atoms with Crippen molar-refractivity contribution in [2.75, 3.05) is 5.32 Å². The third-order valence-corrected chi connectivity index (χ3v) is 5.43. The Hall–Kier alpha value is -3.94. The lowest BCUT2D eigenvalue weighted by atomic mass is 10.00. The second kappa shape index (κ2) is 11.7. The molecule has 2 aromatic heterocycles. The maximum Gasteiger partial charge on any atom is 0.247 e. The molecule has 0 unspecified atom stereocenters. The van der Waals surface area contributed by atoms with Gasteiger partial charge >= 0.3 is 0 Å². The third kappa shape index (κ3) is 7.80. The minimum Gasteiger partial charge on any atom is -0.467 e. The Kier molecular flexibility index (Phi) is 8.64. The maximum absolute atomic E-state index is 13.5. The van der Waals surface area contributed by atoms with Crippen molar-refractivity contribution in [2.45, 2.75) is 65.6 Å². The van der Waals surface area contributed by atoms with E-state index in [0.29, 0.717) is 17.1 Å². The number of amides is 3. The standard InChI is InChI=1S/C28H34N4O4/c1-19-8-10-21(11-9-19)26(27(35)31-28(3,4)5)32(18-22-7-6-16-36-22)25(34)13-12-24(33)30-23-17-20(2)14-15-29-23/h6-11,14-17,26H,12-13,18H2,1-5H3,(H,31,35)(H,29,30,33)/t26-/m0/s1. The lowest BCUT2D eigenvalue weighted by Crippen LogP contribution is -2.49. The Bertz CT molecular complexity index is 1180. The molecule has 36 heavy (non-hydrogen) atoms. The molecule has 0 saturated heterocycles. The summed E-state index contributed by atoms with van der Waals surface area (Å²) >= 11 is 0. The minimum atomic E-state index is -0.899. The minimum absolute atomic E-state index is 0.0510. The van der Waals surface area contributed by atoms with E-state index in [-0.39, 0.29) is 37.1 Å². The van der Waals surface area contributed by atoms with Gasteiger partial charge in [0.2, 0.25) is 17.7 Å². The monoisotopic (exact) mass is 490 g/mol. The summed E-state index contributed by atoms with van der Waals surface area (Å²) in [7, 11) is 0. The highest BCUT2D eigenvalue weighted by molar-refractivity contribution is 5.94. The predicted molar refractivity (Wildman–Crippen MR) is 138 cm³/mol. The number of hydrogen-bond acceptors (Lipinski definition) is 5. The van der Waals surface area contributed by atoms with E-state index in [0.717, 1.165) is 11.1 Å². The number of nitrogens with zero attached hydrogens (tertiary/aromatic N) is 2. The SMILES string of the molecule is Cc1ccc([C@@H](C(=O)NC(C)(C)C)N(Cc2ccco2)C(=O)CCC(=O)Nc2cc(C)ccn2)cc1. The van der Waals surface area contributed by atoms with Crippen LogP contribution < -0.4 is 10.6 Å². The number of anilines is 1. The van der Waals surface area contributed by atoms with E-state index in [9.17, 15) is 14.4 Å². The third-order valence-electron chi connectivity index (χ3n) is 5.43. The molecule has 0 spiro atoms. The van der Waals surface area contributed by atoms with Gasteiger partial charge in [-0.2, -0.15) is 0 Å². The van der Waals surface area contributed by atoms with Crippen LogP contribution in [0.3, 0.4) is 0 Å². The number of pyridine rings is 1. The first-order valence-corrected chi connectivity index (χ1v) is 11.9. The van der Waals surface area contributed by atoms with Crippen LogP contribution in [0.5, 0.6) is 0 Å². The molecule has 2 N–H and O–H groups in total. The Balaban J connectivity index is 1.85. The number of carbonyl (C=O) groups is 3. The molecule has 3 rings (SSSR count). The van der Waals surface area contributed by atoms with E-state index >= 15 is 0 Å². The fourth-order valence-corrected chi connectivity index (χ4v) is 3.73. The molecule has 2 heterocycles. The lowest BCUT2D eigenvalue weighted by molar-refractivity contribution is -0.143. The molecule has 0 fully saturated rings. The van der Waals surface area contributed by atoms with E-state index in [4.69, 9.17) is 4.42 Å². The number of nitrogens with one attached hydrogen (secondary N) is 2. The summed E-state index contributed by atoms with van der Waals surface area (Å²) in [5, 5.41) is 5.72. The topological polar surface area (TPSA) is 105 Å². The lowest BCUT2D eigenvalue weighted by Gasteiger charge is -2.33. The van der Waals surface area contributed by atoms with Crippen LogP contribution in [0, 0.1) is 13.8 Å². The van der Waals surface area contributed by atoms with Crippen molar-refractivity contribution in [3.63, 3.8) is 0 Å². The number of rotatable bonds is 9. The average Bonchev–Trinajstić information content (AvgIpc) is 3.30. The molecular formula is C28H34N4O4. The summed E-state index contributed by atoms with van der Waals surface area (Å²) in [6.07, 6.45) is 3.01. The first-order valence-electron chi connectivity index (χ1n) is 11.9. The molecule has 190 valence electrons. The van der Waals surface area contributed by atoms with Crippen LogP contribution in [-0.4, -0.2) is 33.1 Å². The van der Waals surface area contributed by atoms with Crippen LogP contribution in [0.2, 0.25) is 0 Å². The summed E-state index contributed by atoms with van der Waals surface area (Å²) < 4.78 is 5.50. The van der Waals surface area contributed by atoms with Crippen LogP contribution in [0.15, 0.2) is 65.4 Å². The Morgan fingerprint density at radius 2 is 1.72 bits per heavy atom. The molecule has 0 bridgehead atoms. The molecule has 8 heteroatoms. The van der Waals surface area contributed by atoms with E-state index < -0.39 is 11.6 Å². The van der Waals surface area contributed by atoms with E-state index in [2.05, 4.69) is 15.6 Å². The highest BCUT2D eigenvalue weighted by Crippen LogP contribution is 2.26. The van der Waals surface area contributed by atoms with Gasteiger partial charge in [-0.3, -0.25) is 14.4 Å². The summed E-state index contributed by atoms with van der Waals surface area (Å²) in [5.74, 6) is -0.00195. The van der Waals surface area contributed by atoms with Gasteiger partial charge in [0.25, 0.3) is 0 Å². The van der Waals surface area contributed by atoms with Gasteiger partial charge in [-0.15, -0.1) is 0 Å². The van der Waals surface area contributed by atoms with Gasteiger partial charge in [0.05, 0.1) is 12.8 Å². The normalized spacial score (nSPS) is 12.0. The van der Waals surface area contributed by atoms with Crippen LogP contribution in [0.25, 0.3) is 0 Å². The van der Waals surface area contributed by atoms with Crippen LogP contribution in [0.4, 0.5) is 5.82 Å². The Morgan fingerprint density at radius 1 is 1.00 bits per heavy atom. The molecule has 0 aliphatic rings. The molecule has 3 amide bonds. The molecule has 1 aromatic carbocycles. The van der Waals surface area contributed by atoms with Crippen molar-refractivity contribution in [3.05, 3.63) is 83.4 Å². The average molecular weight is 491 g/mol. The van der Waals surface area contributed by atoms with Gasteiger partial charge in [-0.25, -0.2) is 4.98 Å². The van der Waals surface area contributed by atoms with Crippen molar-refractivity contribution >= 4 is 23.5 Å². The largest absolute Gasteiger partial charge is 0.467 e. The maximum atomic E-state index is 13.5. The zero-order chi connectivity index (χ0) is 26.3. The number of aromatic nitrogens is 1. The second-order valence-electron chi connectivity index (χ2n) is 9.92. The number of furan rings is 1. The van der Waals surface area contributed by atoms with E-state index in [1.165, 1.54) is 11.2 Å². The van der Waals surface area contributed by atoms with Gasteiger partial charge < -0.3 is 20.0 Å². The van der Waals surface area contributed by atoms with E-state index in [1.807, 2.05) is 65.0 Å². The quantitative estimate of drug-likeness (QED) is 0.453. The summed E-state index contributed by atoms with van der Waals surface area (Å²) in [6.45, 7) is 9.62. The van der Waals surface area contributed by atoms with Gasteiger partial charge in [-0.05, 0) is 70.0 Å². The zero-order valence-electron chi connectivity index (χ0n) is 21.5. The molecule has 8 nitrogen and oxygen atoms in total. The second-order valence-corrected chi connectivity index (χ2v) is 9.92. The number of aryl methyl sites for hydroxylation is 2. The van der Waals surface area contributed by atoms with E-state index in [1.54, 1.807) is 24.4 Å². The first-order chi connectivity index (χ1) is 17.0. The van der Waals surface area contributed by atoms with Crippen molar-refractivity contribution in [1.29, 1.82) is 0 Å². The Labute approximate surface area is 212 Å². The van der Waals surface area contributed by atoms with Crippen LogP contribution >= 0.6 is 0 Å². The van der Waals surface area contributed by atoms with Crippen molar-refractivity contribution in [2.24, 2.45) is 0 Å². The van der Waals surface area contributed by atoms with Gasteiger partial charge in [0, 0.05) is 24.6 Å². The van der Waals surface area contributed by atoms with Crippen molar-refractivity contribution in [3.8, 4) is 0 Å². The fourth-order valence-electron chi connectivity index (χ4n) is 3.73. The summed E-state index contributed by atoms with van der Waals surface area (Å²) in [4.78, 5) is 45.2. The first kappa shape index (κ1) is 26.7. The number of benzene rings is 1. The fraction of sp³-hybridized carbons (Fsp3) is 0.357. The summed E-state index contributed by atoms with van der Waals surface area (Å²) in [6, 6.07) is 13.7. The Morgan fingerprint density at radius 3 is 2.33 bits per heavy atom. The number of carbonyl (C=O) groups excluding carboxylic acids is 3. The summed E-state index contributed by atoms with van der Waals surface area (Å²) in [5.41, 5.74) is 2.18. The molecular weight excluding hydrogens is 456 g/mol. The van der Waals surface area contributed by atoms with Gasteiger partial charge in [0.15, 0.2) is 0 Å². The smallest absolute Gasteiger partial charge is 0.247 e. The van der Waals surface area contributed by atoms with Crippen LogP contribution in [-0.2, 0) is 20.9 Å². The van der Waals surface area contributed by atoms with Crippen molar-refractivity contribution < 1.29 is 18.8 Å². The predicted octanol–water partition coefficient (Wildman–Crippen LogP) is 4.69. The molecule has 3 aromatic rings. The van der Waals surface area contributed by atoms with Gasteiger partial charge in [-0.1, -0.05) is 29.8 Å². The highest BCUT2D eigenvalue weighted by Gasteiger charge is 2.33. The molecule has 1 atom stereocenters. The molecule has 0 aliphatic heterocycles. The highest BCUT2D eigenvalue weighted by atomic mass is 16.3. The van der Waals surface area contributed by atoms with Crippen molar-refractivity contribution in [1.82, 2.24) is 15.2 Å². The molecule has 0 radical (unpaired) electrons. The molecule has 0 aliphatic carbocycles. The zero-order valence-corrected chi connectivity index (χ0v) is 21.5. The molecule has 0 saturated carbocycles. The van der Waals surface area contributed by atoms with Gasteiger partial charge in [0.1, 0.15) is 17.6 Å². The van der Waals surface area contributed by atoms with Crippen LogP contribution in [0.1, 0.15) is 62.1 Å². The number of hydrogen-bond donors (Lipinski definition) is 2.